The highest BCUT2D eigenvalue weighted by molar-refractivity contribution is 7.99. The molecule has 0 fully saturated rings. The molecule has 3 aromatic carbocycles. The van der Waals surface area contributed by atoms with Crippen molar-refractivity contribution in [3.05, 3.63) is 88.9 Å². The van der Waals surface area contributed by atoms with Crippen LogP contribution in [-0.4, -0.2) is 4.98 Å². The Morgan fingerprint density at radius 3 is 2.36 bits per heavy atom. The molecule has 0 saturated carbocycles. The third kappa shape index (κ3) is 3.52. The number of nitrogens with zero attached hydrogens (tertiary/aromatic N) is 1. The van der Waals surface area contributed by atoms with Gasteiger partial charge in [0.1, 0.15) is 5.03 Å². The smallest absolute Gasteiger partial charge is 0.109 e. The van der Waals surface area contributed by atoms with Gasteiger partial charge in [0, 0.05) is 20.9 Å². The lowest BCUT2D eigenvalue weighted by Gasteiger charge is -2.12. The molecule has 4 rings (SSSR count). The molecule has 1 nitrogen and oxygen atoms in total. The molecule has 25 heavy (non-hydrogen) atoms. The van der Waals surface area contributed by atoms with E-state index < -0.39 is 0 Å². The standard InChI is InChI=1S/C21H13Cl2NS/c22-16-10-11-18(23)20(13-16)25-21-17(14-6-2-1-3-7-14)12-15-8-4-5-9-19(15)24-21/h1-13H. The van der Waals surface area contributed by atoms with E-state index in [-0.39, 0.29) is 0 Å². The maximum Gasteiger partial charge on any atom is 0.109 e. The molecule has 1 aromatic heterocycles. The third-order valence-corrected chi connectivity index (χ3v) is 5.61. The first-order valence-electron chi connectivity index (χ1n) is 7.79. The molecule has 0 amide bonds. The predicted octanol–water partition coefficient (Wildman–Crippen LogP) is 7.36. The normalized spacial score (nSPS) is 11.0. The molecule has 122 valence electrons. The van der Waals surface area contributed by atoms with Gasteiger partial charge in [-0.2, -0.15) is 0 Å². The van der Waals surface area contributed by atoms with Gasteiger partial charge in [0.25, 0.3) is 0 Å². The van der Waals surface area contributed by atoms with E-state index in [2.05, 4.69) is 24.3 Å². The average molecular weight is 382 g/mol. The van der Waals surface area contributed by atoms with Crippen LogP contribution in [0.4, 0.5) is 0 Å². The molecule has 0 N–H and O–H groups in total. The fraction of sp³-hybridized carbons (Fsp3) is 0. The Labute approximate surface area is 160 Å². The molecule has 0 saturated heterocycles. The maximum absolute atomic E-state index is 6.36. The summed E-state index contributed by atoms with van der Waals surface area (Å²) in [4.78, 5) is 5.78. The van der Waals surface area contributed by atoms with Crippen molar-refractivity contribution in [1.29, 1.82) is 0 Å². The molecule has 0 atom stereocenters. The van der Waals surface area contributed by atoms with Gasteiger partial charge in [-0.05, 0) is 35.9 Å². The van der Waals surface area contributed by atoms with Crippen molar-refractivity contribution >= 4 is 45.9 Å². The lowest BCUT2D eigenvalue weighted by Crippen LogP contribution is -1.90. The molecule has 0 aliphatic heterocycles. The van der Waals surface area contributed by atoms with Crippen LogP contribution in [0.15, 0.2) is 88.8 Å². The number of aromatic nitrogens is 1. The van der Waals surface area contributed by atoms with E-state index in [1.807, 2.05) is 48.5 Å². The van der Waals surface area contributed by atoms with Crippen LogP contribution in [0.5, 0.6) is 0 Å². The first-order valence-corrected chi connectivity index (χ1v) is 9.36. The summed E-state index contributed by atoms with van der Waals surface area (Å²) < 4.78 is 0. The topological polar surface area (TPSA) is 12.9 Å². The van der Waals surface area contributed by atoms with Gasteiger partial charge >= 0.3 is 0 Å². The van der Waals surface area contributed by atoms with Gasteiger partial charge in [-0.1, -0.05) is 83.5 Å². The van der Waals surface area contributed by atoms with Gasteiger partial charge in [0.2, 0.25) is 0 Å². The van der Waals surface area contributed by atoms with E-state index in [0.29, 0.717) is 10.0 Å². The van der Waals surface area contributed by atoms with Crippen LogP contribution in [0.3, 0.4) is 0 Å². The number of fused-ring (bicyclic) bond motifs is 1. The zero-order chi connectivity index (χ0) is 17.2. The Bertz CT molecular complexity index is 1050. The Kier molecular flexibility index (Phi) is 4.67. The summed E-state index contributed by atoms with van der Waals surface area (Å²) in [5, 5.41) is 3.36. The van der Waals surface area contributed by atoms with E-state index in [9.17, 15) is 0 Å². The van der Waals surface area contributed by atoms with Crippen molar-refractivity contribution in [2.75, 3.05) is 0 Å². The number of hydrogen-bond donors (Lipinski definition) is 0. The summed E-state index contributed by atoms with van der Waals surface area (Å²) in [6.45, 7) is 0. The summed E-state index contributed by atoms with van der Waals surface area (Å²) in [6.07, 6.45) is 0. The van der Waals surface area contributed by atoms with Gasteiger partial charge in [-0.3, -0.25) is 0 Å². The van der Waals surface area contributed by atoms with Crippen molar-refractivity contribution in [3.63, 3.8) is 0 Å². The predicted molar refractivity (Wildman–Crippen MR) is 108 cm³/mol. The fourth-order valence-corrected chi connectivity index (χ4v) is 4.12. The van der Waals surface area contributed by atoms with Gasteiger partial charge < -0.3 is 0 Å². The van der Waals surface area contributed by atoms with E-state index >= 15 is 0 Å². The third-order valence-electron chi connectivity index (χ3n) is 3.87. The molecular formula is C21H13Cl2NS. The van der Waals surface area contributed by atoms with Crippen LogP contribution in [0.2, 0.25) is 10.0 Å². The van der Waals surface area contributed by atoms with Crippen molar-refractivity contribution in [1.82, 2.24) is 4.98 Å². The van der Waals surface area contributed by atoms with Crippen LogP contribution in [0.1, 0.15) is 0 Å². The Hall–Kier alpha value is -2.00. The minimum Gasteiger partial charge on any atom is -0.240 e. The van der Waals surface area contributed by atoms with E-state index in [4.69, 9.17) is 28.2 Å². The average Bonchev–Trinajstić information content (AvgIpc) is 2.65. The largest absolute Gasteiger partial charge is 0.240 e. The monoisotopic (exact) mass is 381 g/mol. The number of para-hydroxylation sites is 1. The molecule has 0 radical (unpaired) electrons. The van der Waals surface area contributed by atoms with Gasteiger partial charge in [-0.25, -0.2) is 4.98 Å². The van der Waals surface area contributed by atoms with Crippen molar-refractivity contribution in [2.24, 2.45) is 0 Å². The Morgan fingerprint density at radius 2 is 1.52 bits per heavy atom. The van der Waals surface area contributed by atoms with Crippen molar-refractivity contribution in [2.45, 2.75) is 9.92 Å². The SMILES string of the molecule is Clc1ccc(Cl)c(Sc2nc3ccccc3cc2-c2ccccc2)c1. The van der Waals surface area contributed by atoms with Crippen LogP contribution in [-0.2, 0) is 0 Å². The van der Waals surface area contributed by atoms with Gasteiger partial charge in [-0.15, -0.1) is 0 Å². The molecule has 0 spiro atoms. The molecule has 0 unspecified atom stereocenters. The number of hydrogen-bond acceptors (Lipinski definition) is 2. The second kappa shape index (κ2) is 7.09. The summed E-state index contributed by atoms with van der Waals surface area (Å²) in [7, 11) is 0. The summed E-state index contributed by atoms with van der Waals surface area (Å²) in [5.41, 5.74) is 3.17. The lowest BCUT2D eigenvalue weighted by molar-refractivity contribution is 1.19. The van der Waals surface area contributed by atoms with Gasteiger partial charge in [0.15, 0.2) is 0 Å². The molecule has 4 heteroatoms. The van der Waals surface area contributed by atoms with E-state index in [0.717, 1.165) is 32.0 Å². The summed E-state index contributed by atoms with van der Waals surface area (Å²) in [5.74, 6) is 0. The minimum atomic E-state index is 0.661. The lowest BCUT2D eigenvalue weighted by atomic mass is 10.1. The van der Waals surface area contributed by atoms with E-state index in [1.165, 1.54) is 11.8 Å². The van der Waals surface area contributed by atoms with Crippen LogP contribution >= 0.6 is 35.0 Å². The quantitative estimate of drug-likeness (QED) is 0.367. The zero-order valence-corrected chi connectivity index (χ0v) is 15.4. The summed E-state index contributed by atoms with van der Waals surface area (Å²) in [6, 6.07) is 26.1. The first-order chi connectivity index (χ1) is 12.2. The molecule has 1 heterocycles. The Morgan fingerprint density at radius 1 is 0.760 bits per heavy atom. The molecular weight excluding hydrogens is 369 g/mol. The van der Waals surface area contributed by atoms with Crippen molar-refractivity contribution < 1.29 is 0 Å². The second-order valence-corrected chi connectivity index (χ2v) is 7.45. The molecule has 0 bridgehead atoms. The number of pyridine rings is 1. The van der Waals surface area contributed by atoms with Crippen LogP contribution < -0.4 is 0 Å². The fourth-order valence-electron chi connectivity index (χ4n) is 2.66. The molecule has 0 aliphatic carbocycles. The minimum absolute atomic E-state index is 0.661. The first kappa shape index (κ1) is 16.5. The number of rotatable bonds is 3. The number of benzene rings is 3. The summed E-state index contributed by atoms with van der Waals surface area (Å²) >= 11 is 14.0. The molecule has 0 aliphatic rings. The van der Waals surface area contributed by atoms with Crippen LogP contribution in [0.25, 0.3) is 22.0 Å². The van der Waals surface area contributed by atoms with Gasteiger partial charge in [0.05, 0.1) is 10.5 Å². The maximum atomic E-state index is 6.36. The van der Waals surface area contributed by atoms with Crippen LogP contribution in [0, 0.1) is 0 Å². The highest BCUT2D eigenvalue weighted by Crippen LogP contribution is 2.40. The Balaban J connectivity index is 1.90. The number of halogens is 2. The molecule has 4 aromatic rings. The highest BCUT2D eigenvalue weighted by Gasteiger charge is 2.13. The van der Waals surface area contributed by atoms with E-state index in [1.54, 1.807) is 6.07 Å². The van der Waals surface area contributed by atoms with Crippen molar-refractivity contribution in [3.8, 4) is 11.1 Å². The zero-order valence-electron chi connectivity index (χ0n) is 13.1. The highest BCUT2D eigenvalue weighted by atomic mass is 35.5. The second-order valence-electron chi connectivity index (χ2n) is 5.58.